The zero-order valence-corrected chi connectivity index (χ0v) is 42.0. The maximum absolute atomic E-state index is 6.84. The average molecular weight is 943 g/mol. The van der Waals surface area contributed by atoms with Gasteiger partial charge in [-0.25, -0.2) is 0 Å². The molecule has 0 amide bonds. The van der Waals surface area contributed by atoms with Gasteiger partial charge in [0, 0.05) is 49.4 Å². The summed E-state index contributed by atoms with van der Waals surface area (Å²) < 4.78 is 13.6. The van der Waals surface area contributed by atoms with Crippen molar-refractivity contribution in [2.24, 2.45) is 0 Å². The van der Waals surface area contributed by atoms with Crippen LogP contribution in [-0.2, 0) is 5.41 Å². The molecule has 0 fully saturated rings. The summed E-state index contributed by atoms with van der Waals surface area (Å²) in [6, 6.07) is 75.9. The van der Waals surface area contributed by atoms with Crippen LogP contribution < -0.4 is 9.80 Å². The third-order valence-corrected chi connectivity index (χ3v) is 16.0. The van der Waals surface area contributed by atoms with Crippen LogP contribution in [0.3, 0.4) is 0 Å². The van der Waals surface area contributed by atoms with Gasteiger partial charge in [-0.2, -0.15) is 0 Å². The molecule has 352 valence electrons. The summed E-state index contributed by atoms with van der Waals surface area (Å²) in [6.45, 7) is 13.9. The Morgan fingerprint density at radius 2 is 0.795 bits per heavy atom. The lowest BCUT2D eigenvalue weighted by Crippen LogP contribution is -2.17. The molecule has 0 bridgehead atoms. The summed E-state index contributed by atoms with van der Waals surface area (Å²) in [5.74, 6) is 0.828. The van der Waals surface area contributed by atoms with E-state index in [9.17, 15) is 0 Å². The highest BCUT2D eigenvalue weighted by molar-refractivity contribution is 6.23. The molecule has 13 aromatic rings. The van der Waals surface area contributed by atoms with E-state index in [0.717, 1.165) is 78.0 Å². The molecule has 0 radical (unpaired) electrons. The van der Waals surface area contributed by atoms with E-state index >= 15 is 0 Å². The minimum Gasteiger partial charge on any atom is -0.454 e. The first-order valence-corrected chi connectivity index (χ1v) is 25.8. The van der Waals surface area contributed by atoms with Gasteiger partial charge in [0.2, 0.25) is 0 Å². The van der Waals surface area contributed by atoms with E-state index in [1.54, 1.807) is 0 Å². The number of anilines is 6. The topological polar surface area (TPSA) is 32.8 Å². The van der Waals surface area contributed by atoms with Crippen LogP contribution in [0, 0.1) is 0 Å². The fraction of sp³-hybridized carbons (Fsp3) is 0.130. The highest BCUT2D eigenvalue weighted by Gasteiger charge is 2.41. The van der Waals surface area contributed by atoms with Gasteiger partial charge in [0.05, 0.1) is 17.1 Å². The number of fused-ring (bicyclic) bond motifs is 16. The van der Waals surface area contributed by atoms with Gasteiger partial charge < -0.3 is 18.6 Å². The van der Waals surface area contributed by atoms with Gasteiger partial charge >= 0.3 is 0 Å². The molecule has 1 aliphatic rings. The van der Waals surface area contributed by atoms with E-state index in [-0.39, 0.29) is 0 Å². The van der Waals surface area contributed by atoms with Crippen molar-refractivity contribution in [1.82, 2.24) is 0 Å². The minimum atomic E-state index is -0.391. The number of furan rings is 2. The number of hydrogen-bond donors (Lipinski definition) is 0. The Kier molecular flexibility index (Phi) is 9.60. The molecule has 0 spiro atoms. The summed E-state index contributed by atoms with van der Waals surface area (Å²) in [5.41, 5.74) is 17.4. The third-order valence-electron chi connectivity index (χ3n) is 16.0. The monoisotopic (exact) mass is 942 g/mol. The summed E-state index contributed by atoms with van der Waals surface area (Å²) in [4.78, 5) is 4.84. The first-order valence-electron chi connectivity index (χ1n) is 25.8. The summed E-state index contributed by atoms with van der Waals surface area (Å²) in [7, 11) is 0. The Labute approximate surface area is 425 Å². The molecule has 4 nitrogen and oxygen atoms in total. The van der Waals surface area contributed by atoms with E-state index in [1.165, 1.54) is 65.7 Å². The predicted molar refractivity (Wildman–Crippen MR) is 309 cm³/mol. The molecule has 2 heterocycles. The predicted octanol–water partition coefficient (Wildman–Crippen LogP) is 20.4. The van der Waals surface area contributed by atoms with E-state index < -0.39 is 5.41 Å². The van der Waals surface area contributed by atoms with Gasteiger partial charge in [-0.05, 0) is 139 Å². The van der Waals surface area contributed by atoms with Crippen LogP contribution in [0.2, 0.25) is 0 Å². The Balaban J connectivity index is 1.01. The van der Waals surface area contributed by atoms with Crippen molar-refractivity contribution >= 4 is 110 Å². The Bertz CT molecular complexity index is 4360. The molecule has 4 heteroatoms. The van der Waals surface area contributed by atoms with Crippen molar-refractivity contribution in [3.05, 3.63) is 229 Å². The van der Waals surface area contributed by atoms with E-state index in [2.05, 4.69) is 252 Å². The molecule has 0 saturated heterocycles. The van der Waals surface area contributed by atoms with Crippen molar-refractivity contribution in [2.75, 3.05) is 9.80 Å². The second-order valence-electron chi connectivity index (χ2n) is 21.2. The molecule has 0 unspecified atom stereocenters. The molecule has 0 saturated carbocycles. The molecule has 0 aliphatic heterocycles. The van der Waals surface area contributed by atoms with Crippen molar-refractivity contribution < 1.29 is 8.83 Å². The molecule has 0 N–H and O–H groups in total. The van der Waals surface area contributed by atoms with Crippen LogP contribution in [0.25, 0.3) is 87.3 Å². The van der Waals surface area contributed by atoms with Gasteiger partial charge in [-0.15, -0.1) is 0 Å². The number of nitrogens with zero attached hydrogens (tertiary/aromatic N) is 2. The Hall–Kier alpha value is -8.60. The van der Waals surface area contributed by atoms with E-state index in [1.807, 2.05) is 6.07 Å². The molecule has 73 heavy (non-hydrogen) atoms. The van der Waals surface area contributed by atoms with Gasteiger partial charge in [0.25, 0.3) is 0 Å². The van der Waals surface area contributed by atoms with Crippen LogP contribution in [0.5, 0.6) is 0 Å². The standard InChI is InChI=1S/C69H54N2O2/c1-41(2)43-29-33-45(34-30-43)70(59-25-15-23-55-50-19-11-13-27-62(50)72-67(55)59)47-37-38-54-57(39-47)48-17-7-9-21-52(48)65-64-53-22-10-8-18-49(53)61(40-58(64)69(5,6)66(54)65)71(46-35-31-44(32-36-46)42(3)4)60-26-16-24-56-51-20-12-14-28-63(51)73-68(56)60/h7-42H,1-6H3. The molecule has 11 aromatic carbocycles. The van der Waals surface area contributed by atoms with Gasteiger partial charge in [0.1, 0.15) is 11.2 Å². The molecule has 0 atom stereocenters. The summed E-state index contributed by atoms with van der Waals surface area (Å²) >= 11 is 0. The molecular formula is C69H54N2O2. The van der Waals surface area contributed by atoms with Crippen LogP contribution in [0.15, 0.2) is 215 Å². The Morgan fingerprint density at radius 3 is 1.36 bits per heavy atom. The van der Waals surface area contributed by atoms with Crippen molar-refractivity contribution in [3.8, 4) is 11.1 Å². The first-order chi connectivity index (χ1) is 35.6. The van der Waals surface area contributed by atoms with Crippen LogP contribution in [0.1, 0.15) is 75.6 Å². The van der Waals surface area contributed by atoms with Crippen molar-refractivity contribution in [3.63, 3.8) is 0 Å². The smallest absolute Gasteiger partial charge is 0.159 e. The third kappa shape index (κ3) is 6.46. The van der Waals surface area contributed by atoms with Crippen LogP contribution in [0.4, 0.5) is 34.1 Å². The maximum atomic E-state index is 6.84. The summed E-state index contributed by atoms with van der Waals surface area (Å²) in [5, 5.41) is 11.8. The van der Waals surface area contributed by atoms with Gasteiger partial charge in [-0.1, -0.05) is 181 Å². The fourth-order valence-corrected chi connectivity index (χ4v) is 12.3. The van der Waals surface area contributed by atoms with E-state index in [4.69, 9.17) is 8.83 Å². The zero-order chi connectivity index (χ0) is 49.3. The number of rotatable bonds is 8. The van der Waals surface area contributed by atoms with Crippen molar-refractivity contribution in [1.29, 1.82) is 0 Å². The lowest BCUT2D eigenvalue weighted by molar-refractivity contribution is 0.666. The lowest BCUT2D eigenvalue weighted by atomic mass is 9.79. The fourth-order valence-electron chi connectivity index (χ4n) is 12.3. The number of para-hydroxylation sites is 4. The Morgan fingerprint density at radius 1 is 0.342 bits per heavy atom. The number of benzene rings is 11. The molecule has 14 rings (SSSR count). The zero-order valence-electron chi connectivity index (χ0n) is 42.0. The lowest BCUT2D eigenvalue weighted by Gasteiger charge is -2.30. The van der Waals surface area contributed by atoms with Crippen molar-refractivity contribution in [2.45, 2.75) is 58.8 Å². The molecule has 2 aromatic heterocycles. The summed E-state index contributed by atoms with van der Waals surface area (Å²) in [6.07, 6.45) is 0. The minimum absolute atomic E-state index is 0.391. The van der Waals surface area contributed by atoms with Gasteiger partial charge in [-0.3, -0.25) is 0 Å². The highest BCUT2D eigenvalue weighted by Crippen LogP contribution is 2.59. The second-order valence-corrected chi connectivity index (χ2v) is 21.2. The maximum Gasteiger partial charge on any atom is 0.159 e. The quantitative estimate of drug-likeness (QED) is 0.142. The second kappa shape index (κ2) is 16.2. The normalized spacial score (nSPS) is 13.2. The van der Waals surface area contributed by atoms with Crippen LogP contribution >= 0.6 is 0 Å². The molecule has 1 aliphatic carbocycles. The first kappa shape index (κ1) is 43.2. The highest BCUT2D eigenvalue weighted by atomic mass is 16.3. The SMILES string of the molecule is CC(C)c1ccc(N(c2ccc3c4c(c5ccccc5c3c2)-c2c(cc(N(c3ccc(C(C)C)cc3)c3cccc5c3oc3ccccc35)c3ccccc23)C4(C)C)c2cccc3c2oc2ccccc23)cc1. The average Bonchev–Trinajstić information content (AvgIpc) is 4.08. The largest absolute Gasteiger partial charge is 0.454 e. The van der Waals surface area contributed by atoms with E-state index in [0.29, 0.717) is 11.8 Å². The van der Waals surface area contributed by atoms with Gasteiger partial charge in [0.15, 0.2) is 11.2 Å². The van der Waals surface area contributed by atoms with Crippen LogP contribution in [-0.4, -0.2) is 0 Å². The number of hydrogen-bond acceptors (Lipinski definition) is 4. The molecular weight excluding hydrogens is 889 g/mol.